The van der Waals surface area contributed by atoms with Crippen LogP contribution in [0.5, 0.6) is 11.5 Å². The summed E-state index contributed by atoms with van der Waals surface area (Å²) in [6, 6.07) is 5.60. The number of anilines is 1. The molecule has 2 aromatic rings. The summed E-state index contributed by atoms with van der Waals surface area (Å²) in [5.74, 6) is 2.06. The van der Waals surface area contributed by atoms with Crippen molar-refractivity contribution in [2.75, 3.05) is 39.2 Å². The number of aromatic nitrogens is 1. The van der Waals surface area contributed by atoms with Crippen LogP contribution in [-0.2, 0) is 4.79 Å². The van der Waals surface area contributed by atoms with Crippen LogP contribution in [0.25, 0.3) is 11.3 Å². The van der Waals surface area contributed by atoms with E-state index in [1.807, 2.05) is 23.6 Å². The van der Waals surface area contributed by atoms with Crippen molar-refractivity contribution in [3.8, 4) is 22.8 Å². The fourth-order valence-electron chi connectivity index (χ4n) is 3.26. The maximum Gasteiger partial charge on any atom is 0.240 e. The number of hydrogen-bond donors (Lipinski definition) is 1. The molecule has 26 heavy (non-hydrogen) atoms. The standard InChI is InChI=1S/C19H25N3O3S/c1-13-5-4-8-22(10-13)11-18(23)21-19-20-16(12-26-19)15-7-6-14(24-2)9-17(15)25-3/h6-7,9,12-13H,4-5,8,10-11H2,1-3H3,(H,20,21,23)/t13-/m1/s1. The zero-order valence-corrected chi connectivity index (χ0v) is 16.3. The molecule has 1 aromatic carbocycles. The van der Waals surface area contributed by atoms with Gasteiger partial charge in [-0.2, -0.15) is 0 Å². The van der Waals surface area contributed by atoms with E-state index in [2.05, 4.69) is 22.1 Å². The monoisotopic (exact) mass is 375 g/mol. The first-order valence-corrected chi connectivity index (χ1v) is 9.67. The highest BCUT2D eigenvalue weighted by atomic mass is 32.1. The molecule has 2 heterocycles. The smallest absolute Gasteiger partial charge is 0.240 e. The second kappa shape index (κ2) is 8.51. The normalized spacial score (nSPS) is 17.7. The van der Waals surface area contributed by atoms with Crippen molar-refractivity contribution in [1.82, 2.24) is 9.88 Å². The predicted octanol–water partition coefficient (Wildman–Crippen LogP) is 3.50. The van der Waals surface area contributed by atoms with Crippen LogP contribution in [0.2, 0.25) is 0 Å². The zero-order valence-electron chi connectivity index (χ0n) is 15.4. The lowest BCUT2D eigenvalue weighted by Gasteiger charge is -2.29. The number of rotatable bonds is 6. The number of ether oxygens (including phenoxy) is 2. The Morgan fingerprint density at radius 1 is 1.38 bits per heavy atom. The molecule has 7 heteroatoms. The summed E-state index contributed by atoms with van der Waals surface area (Å²) in [7, 11) is 3.24. The molecule has 0 aliphatic carbocycles. The van der Waals surface area contributed by atoms with Crippen LogP contribution in [0.4, 0.5) is 5.13 Å². The van der Waals surface area contributed by atoms with Gasteiger partial charge in [0, 0.05) is 23.6 Å². The van der Waals surface area contributed by atoms with Crippen LogP contribution in [0.3, 0.4) is 0 Å². The number of thiazole rings is 1. The number of piperidine rings is 1. The summed E-state index contributed by atoms with van der Waals surface area (Å²) < 4.78 is 10.7. The SMILES string of the molecule is COc1ccc(-c2csc(NC(=O)CN3CCC[C@@H](C)C3)n2)c(OC)c1. The molecule has 1 aliphatic rings. The van der Waals surface area contributed by atoms with E-state index in [9.17, 15) is 4.79 Å². The minimum absolute atomic E-state index is 0.0123. The topological polar surface area (TPSA) is 63.7 Å². The van der Waals surface area contributed by atoms with E-state index >= 15 is 0 Å². The first-order chi connectivity index (χ1) is 12.6. The van der Waals surface area contributed by atoms with Crippen molar-refractivity contribution in [1.29, 1.82) is 0 Å². The lowest BCUT2D eigenvalue weighted by atomic mass is 10.0. The Balaban J connectivity index is 1.65. The number of carbonyl (C=O) groups is 1. The summed E-state index contributed by atoms with van der Waals surface area (Å²) in [4.78, 5) is 19.1. The van der Waals surface area contributed by atoms with Gasteiger partial charge in [0.2, 0.25) is 5.91 Å². The number of nitrogens with zero attached hydrogens (tertiary/aromatic N) is 2. The fraction of sp³-hybridized carbons (Fsp3) is 0.474. The predicted molar refractivity (Wildman–Crippen MR) is 104 cm³/mol. The maximum absolute atomic E-state index is 12.3. The van der Waals surface area contributed by atoms with E-state index in [-0.39, 0.29) is 5.91 Å². The molecule has 0 saturated carbocycles. The summed E-state index contributed by atoms with van der Waals surface area (Å²) >= 11 is 1.42. The zero-order chi connectivity index (χ0) is 18.5. The van der Waals surface area contributed by atoms with Crippen LogP contribution < -0.4 is 14.8 Å². The molecule has 0 spiro atoms. The third-order valence-corrected chi connectivity index (χ3v) is 5.30. The average molecular weight is 375 g/mol. The van der Waals surface area contributed by atoms with Gasteiger partial charge in [-0.1, -0.05) is 6.92 Å². The highest BCUT2D eigenvalue weighted by Gasteiger charge is 2.19. The van der Waals surface area contributed by atoms with Crippen LogP contribution in [0, 0.1) is 5.92 Å². The molecule has 1 atom stereocenters. The molecular formula is C19H25N3O3S. The minimum Gasteiger partial charge on any atom is -0.497 e. The summed E-state index contributed by atoms with van der Waals surface area (Å²) in [5, 5.41) is 5.44. The van der Waals surface area contributed by atoms with E-state index in [4.69, 9.17) is 9.47 Å². The molecule has 1 aromatic heterocycles. The van der Waals surface area contributed by atoms with E-state index in [0.717, 1.165) is 36.5 Å². The maximum atomic E-state index is 12.3. The Morgan fingerprint density at radius 3 is 2.96 bits per heavy atom. The minimum atomic E-state index is -0.0123. The van der Waals surface area contributed by atoms with Crippen molar-refractivity contribution in [2.45, 2.75) is 19.8 Å². The number of amides is 1. The highest BCUT2D eigenvalue weighted by Crippen LogP contribution is 2.34. The van der Waals surface area contributed by atoms with Gasteiger partial charge in [0.1, 0.15) is 11.5 Å². The van der Waals surface area contributed by atoms with Crippen molar-refractivity contribution in [3.63, 3.8) is 0 Å². The molecule has 1 N–H and O–H groups in total. The molecule has 0 bridgehead atoms. The molecule has 140 valence electrons. The lowest BCUT2D eigenvalue weighted by molar-refractivity contribution is -0.117. The average Bonchev–Trinajstić information content (AvgIpc) is 3.09. The summed E-state index contributed by atoms with van der Waals surface area (Å²) in [6.07, 6.45) is 2.41. The van der Waals surface area contributed by atoms with Crippen LogP contribution in [0.1, 0.15) is 19.8 Å². The van der Waals surface area contributed by atoms with Gasteiger partial charge < -0.3 is 14.8 Å². The molecular weight excluding hydrogens is 350 g/mol. The van der Waals surface area contributed by atoms with Crippen molar-refractivity contribution >= 4 is 22.4 Å². The van der Waals surface area contributed by atoms with Crippen LogP contribution in [-0.4, -0.2) is 49.6 Å². The van der Waals surface area contributed by atoms with E-state index in [1.54, 1.807) is 14.2 Å². The van der Waals surface area contributed by atoms with Crippen LogP contribution in [0.15, 0.2) is 23.6 Å². The van der Waals surface area contributed by atoms with E-state index < -0.39 is 0 Å². The second-order valence-electron chi connectivity index (χ2n) is 6.63. The molecule has 1 aliphatic heterocycles. The number of methoxy groups -OCH3 is 2. The third-order valence-electron chi connectivity index (χ3n) is 4.54. The summed E-state index contributed by atoms with van der Waals surface area (Å²) in [5.41, 5.74) is 1.64. The van der Waals surface area contributed by atoms with Gasteiger partial charge in [0.05, 0.1) is 26.5 Å². The van der Waals surface area contributed by atoms with Crippen molar-refractivity contribution in [2.24, 2.45) is 5.92 Å². The molecule has 3 rings (SSSR count). The largest absolute Gasteiger partial charge is 0.497 e. The van der Waals surface area contributed by atoms with Crippen molar-refractivity contribution < 1.29 is 14.3 Å². The van der Waals surface area contributed by atoms with E-state index in [1.165, 1.54) is 17.8 Å². The van der Waals surface area contributed by atoms with Gasteiger partial charge in [-0.3, -0.25) is 9.69 Å². The van der Waals surface area contributed by atoms with Gasteiger partial charge in [0.25, 0.3) is 0 Å². The highest BCUT2D eigenvalue weighted by molar-refractivity contribution is 7.14. The Hall–Kier alpha value is -2.12. The Kier molecular flexibility index (Phi) is 6.11. The molecule has 0 radical (unpaired) electrons. The number of carbonyl (C=O) groups excluding carboxylic acids is 1. The number of benzene rings is 1. The Morgan fingerprint density at radius 2 is 2.23 bits per heavy atom. The fourth-order valence-corrected chi connectivity index (χ4v) is 3.98. The first kappa shape index (κ1) is 18.7. The molecule has 1 saturated heterocycles. The molecule has 1 fully saturated rings. The van der Waals surface area contributed by atoms with Gasteiger partial charge in [-0.25, -0.2) is 4.98 Å². The van der Waals surface area contributed by atoms with Gasteiger partial charge >= 0.3 is 0 Å². The van der Waals surface area contributed by atoms with Gasteiger partial charge in [0.15, 0.2) is 5.13 Å². The lowest BCUT2D eigenvalue weighted by Crippen LogP contribution is -2.39. The summed E-state index contributed by atoms with van der Waals surface area (Å²) in [6.45, 7) is 4.63. The van der Waals surface area contributed by atoms with E-state index in [0.29, 0.717) is 23.3 Å². The number of hydrogen-bond acceptors (Lipinski definition) is 6. The number of likely N-dealkylation sites (tertiary alicyclic amines) is 1. The number of nitrogens with one attached hydrogen (secondary N) is 1. The van der Waals surface area contributed by atoms with Crippen molar-refractivity contribution in [3.05, 3.63) is 23.6 Å². The molecule has 0 unspecified atom stereocenters. The first-order valence-electron chi connectivity index (χ1n) is 8.79. The molecule has 6 nitrogen and oxygen atoms in total. The van der Waals surface area contributed by atoms with Gasteiger partial charge in [-0.05, 0) is 37.4 Å². The third kappa shape index (κ3) is 4.53. The Labute approximate surface area is 158 Å². The second-order valence-corrected chi connectivity index (χ2v) is 7.49. The quantitative estimate of drug-likeness (QED) is 0.837. The van der Waals surface area contributed by atoms with Crippen LogP contribution >= 0.6 is 11.3 Å². The van der Waals surface area contributed by atoms with Gasteiger partial charge in [-0.15, -0.1) is 11.3 Å². The Bertz CT molecular complexity index is 762. The molecule has 1 amide bonds.